The van der Waals surface area contributed by atoms with Crippen molar-refractivity contribution in [1.82, 2.24) is 5.32 Å². The minimum atomic E-state index is -0.361. The molecule has 0 spiro atoms. The average Bonchev–Trinajstić information content (AvgIpc) is 2.87. The Kier molecular flexibility index (Phi) is 9.91. The zero-order valence-electron chi connectivity index (χ0n) is 21.1. The van der Waals surface area contributed by atoms with Gasteiger partial charge in [-0.2, -0.15) is 0 Å². The number of unbranched alkanes of at least 4 members (excludes halogenated alkanes) is 1. The minimum Gasteiger partial charge on any atom is -0.488 e. The maximum Gasteiger partial charge on any atom is 0.337 e. The first-order chi connectivity index (χ1) is 16.9. The molecule has 3 rings (SSSR count). The van der Waals surface area contributed by atoms with Crippen LogP contribution in [0.4, 0.5) is 0 Å². The van der Waals surface area contributed by atoms with Crippen LogP contribution in [0.5, 0.6) is 5.75 Å². The van der Waals surface area contributed by atoms with Gasteiger partial charge in [-0.05, 0) is 80.3 Å². The summed E-state index contributed by atoms with van der Waals surface area (Å²) in [7, 11) is 1.38. The summed E-state index contributed by atoms with van der Waals surface area (Å²) in [5, 5.41) is 3.27. The highest BCUT2D eigenvalue weighted by atomic mass is 16.5. The van der Waals surface area contributed by atoms with Crippen molar-refractivity contribution >= 4 is 11.9 Å². The van der Waals surface area contributed by atoms with E-state index in [2.05, 4.69) is 24.0 Å². The number of allylic oxidation sites excluding steroid dienone is 1. The highest BCUT2D eigenvalue weighted by Crippen LogP contribution is 2.27. The molecule has 6 heteroatoms. The predicted molar refractivity (Wildman–Crippen MR) is 137 cm³/mol. The highest BCUT2D eigenvalue weighted by Gasteiger charge is 2.24. The number of hydrogen-bond donors (Lipinski definition) is 1. The molecule has 1 saturated heterocycles. The third-order valence-electron chi connectivity index (χ3n) is 6.37. The summed E-state index contributed by atoms with van der Waals surface area (Å²) in [6.45, 7) is 9.28. The maximum absolute atomic E-state index is 12.9. The standard InChI is InChI=1S/C29H37NO5/c1-5-6-7-13-26(30-28(31)24-12-9-14-34-19-24)23-11-8-10-22(17-23)18-35-27-20(2)15-25(16-21(27)3)29(32)33-4/h5,8,10-11,15-17,24,26H,1,6-7,9,12-14,18-19H2,2-4H3,(H,30,31)/t24?,26-/m1/s1. The number of ether oxygens (including phenoxy) is 3. The lowest BCUT2D eigenvalue weighted by Gasteiger charge is -2.26. The van der Waals surface area contributed by atoms with Crippen LogP contribution < -0.4 is 10.1 Å². The first-order valence-electron chi connectivity index (χ1n) is 12.3. The van der Waals surface area contributed by atoms with Gasteiger partial charge in [0.05, 0.1) is 31.2 Å². The lowest BCUT2D eigenvalue weighted by Crippen LogP contribution is -2.37. The van der Waals surface area contributed by atoms with Crippen LogP contribution in [0, 0.1) is 19.8 Å². The van der Waals surface area contributed by atoms with Gasteiger partial charge in [0.2, 0.25) is 5.91 Å². The van der Waals surface area contributed by atoms with Gasteiger partial charge in [-0.1, -0.05) is 30.3 Å². The Hall–Kier alpha value is -3.12. The Bertz CT molecular complexity index is 1000. The first-order valence-corrected chi connectivity index (χ1v) is 12.3. The molecule has 1 aliphatic rings. The Morgan fingerprint density at radius 1 is 1.23 bits per heavy atom. The molecule has 1 amide bonds. The minimum absolute atomic E-state index is 0.0619. The Morgan fingerprint density at radius 2 is 2.00 bits per heavy atom. The fraction of sp³-hybridized carbons (Fsp3) is 0.448. The molecule has 2 aromatic carbocycles. The summed E-state index contributed by atoms with van der Waals surface area (Å²) >= 11 is 0. The number of amides is 1. The molecule has 0 bridgehead atoms. The van der Waals surface area contributed by atoms with Crippen molar-refractivity contribution in [3.05, 3.63) is 76.9 Å². The zero-order valence-corrected chi connectivity index (χ0v) is 21.1. The van der Waals surface area contributed by atoms with Crippen LogP contribution in [-0.4, -0.2) is 32.2 Å². The third kappa shape index (κ3) is 7.43. The zero-order chi connectivity index (χ0) is 25.2. The van der Waals surface area contributed by atoms with Crippen molar-refractivity contribution in [1.29, 1.82) is 0 Å². The number of benzene rings is 2. The van der Waals surface area contributed by atoms with Crippen molar-refractivity contribution in [3.63, 3.8) is 0 Å². The number of nitrogens with one attached hydrogen (secondary N) is 1. The summed E-state index contributed by atoms with van der Waals surface area (Å²) in [6.07, 6.45) is 6.39. The van der Waals surface area contributed by atoms with E-state index in [1.807, 2.05) is 32.1 Å². The van der Waals surface area contributed by atoms with E-state index in [0.717, 1.165) is 66.7 Å². The van der Waals surface area contributed by atoms with Gasteiger partial charge in [-0.15, -0.1) is 6.58 Å². The second-order valence-electron chi connectivity index (χ2n) is 9.16. The molecule has 1 N–H and O–H groups in total. The van der Waals surface area contributed by atoms with Crippen LogP contribution in [0.1, 0.15) is 70.8 Å². The SMILES string of the molecule is C=CCCC[C@@H](NC(=O)C1CCCOC1)c1cccc(COc2c(C)cc(C(=O)OC)cc2C)c1. The number of aryl methyl sites for hydroxylation is 2. The molecule has 0 saturated carbocycles. The van der Waals surface area contributed by atoms with Crippen molar-refractivity contribution < 1.29 is 23.8 Å². The number of carbonyl (C=O) groups is 2. The monoisotopic (exact) mass is 479 g/mol. The molecule has 0 aliphatic carbocycles. The third-order valence-corrected chi connectivity index (χ3v) is 6.37. The van der Waals surface area contributed by atoms with Crippen molar-refractivity contribution in [2.24, 2.45) is 5.92 Å². The van der Waals surface area contributed by atoms with Gasteiger partial charge in [0.15, 0.2) is 0 Å². The largest absolute Gasteiger partial charge is 0.488 e. The van der Waals surface area contributed by atoms with E-state index in [0.29, 0.717) is 18.8 Å². The van der Waals surface area contributed by atoms with E-state index in [9.17, 15) is 9.59 Å². The van der Waals surface area contributed by atoms with Gasteiger partial charge in [0, 0.05) is 6.61 Å². The van der Waals surface area contributed by atoms with Gasteiger partial charge >= 0.3 is 5.97 Å². The van der Waals surface area contributed by atoms with E-state index in [1.54, 1.807) is 12.1 Å². The molecular formula is C29H37NO5. The van der Waals surface area contributed by atoms with Crippen LogP contribution in [0.3, 0.4) is 0 Å². The van der Waals surface area contributed by atoms with E-state index < -0.39 is 0 Å². The average molecular weight is 480 g/mol. The van der Waals surface area contributed by atoms with Gasteiger partial charge < -0.3 is 19.5 Å². The summed E-state index contributed by atoms with van der Waals surface area (Å²) in [5.41, 5.74) is 4.35. The summed E-state index contributed by atoms with van der Waals surface area (Å²) in [4.78, 5) is 24.8. The van der Waals surface area contributed by atoms with E-state index in [-0.39, 0.29) is 23.8 Å². The van der Waals surface area contributed by atoms with Gasteiger partial charge in [0.1, 0.15) is 12.4 Å². The van der Waals surface area contributed by atoms with E-state index >= 15 is 0 Å². The molecule has 2 atom stereocenters. The second-order valence-corrected chi connectivity index (χ2v) is 9.16. The number of methoxy groups -OCH3 is 1. The Balaban J connectivity index is 1.72. The van der Waals surface area contributed by atoms with Gasteiger partial charge in [-0.25, -0.2) is 4.79 Å². The lowest BCUT2D eigenvalue weighted by atomic mass is 9.96. The van der Waals surface area contributed by atoms with Crippen LogP contribution in [-0.2, 0) is 20.9 Å². The van der Waals surface area contributed by atoms with Gasteiger partial charge in [0.25, 0.3) is 0 Å². The molecule has 1 aliphatic heterocycles. The van der Waals surface area contributed by atoms with E-state index in [4.69, 9.17) is 14.2 Å². The summed E-state index contributed by atoms with van der Waals surface area (Å²) in [5.74, 6) is 0.374. The topological polar surface area (TPSA) is 73.9 Å². The van der Waals surface area contributed by atoms with Crippen molar-refractivity contribution in [2.45, 2.75) is 58.6 Å². The molecule has 6 nitrogen and oxygen atoms in total. The normalized spacial score (nSPS) is 16.3. The molecule has 0 radical (unpaired) electrons. The van der Waals surface area contributed by atoms with Crippen LogP contribution in [0.15, 0.2) is 49.1 Å². The molecule has 35 heavy (non-hydrogen) atoms. The fourth-order valence-electron chi connectivity index (χ4n) is 4.49. The smallest absolute Gasteiger partial charge is 0.337 e. The molecule has 0 aromatic heterocycles. The lowest BCUT2D eigenvalue weighted by molar-refractivity contribution is -0.129. The maximum atomic E-state index is 12.9. The number of rotatable bonds is 11. The van der Waals surface area contributed by atoms with Crippen molar-refractivity contribution in [3.8, 4) is 5.75 Å². The Morgan fingerprint density at radius 3 is 2.66 bits per heavy atom. The highest BCUT2D eigenvalue weighted by molar-refractivity contribution is 5.90. The van der Waals surface area contributed by atoms with Crippen molar-refractivity contribution in [2.75, 3.05) is 20.3 Å². The number of esters is 1. The van der Waals surface area contributed by atoms with Crippen LogP contribution in [0.25, 0.3) is 0 Å². The number of hydrogen-bond acceptors (Lipinski definition) is 5. The molecular weight excluding hydrogens is 442 g/mol. The summed E-state index contributed by atoms with van der Waals surface area (Å²) in [6, 6.07) is 11.7. The predicted octanol–water partition coefficient (Wildman–Crippen LogP) is 5.61. The molecule has 1 fully saturated rings. The molecule has 188 valence electrons. The van der Waals surface area contributed by atoms with E-state index in [1.165, 1.54) is 7.11 Å². The van der Waals surface area contributed by atoms with Crippen LogP contribution >= 0.6 is 0 Å². The molecule has 1 heterocycles. The van der Waals surface area contributed by atoms with Gasteiger partial charge in [-0.3, -0.25) is 4.79 Å². The summed E-state index contributed by atoms with van der Waals surface area (Å²) < 4.78 is 16.5. The quantitative estimate of drug-likeness (QED) is 0.258. The fourth-order valence-corrected chi connectivity index (χ4v) is 4.49. The number of carbonyl (C=O) groups excluding carboxylic acids is 2. The first kappa shape index (κ1) is 26.5. The second kappa shape index (κ2) is 13.1. The Labute approximate surface area is 208 Å². The van der Waals surface area contributed by atoms with Crippen LogP contribution in [0.2, 0.25) is 0 Å². The molecule has 1 unspecified atom stereocenters. The molecule has 2 aromatic rings.